The number of phenolic OH excluding ortho intramolecular Hbond substituents is 6. The van der Waals surface area contributed by atoms with Crippen LogP contribution in [0.2, 0.25) is 0 Å². The molecule has 9 aromatic rings. The summed E-state index contributed by atoms with van der Waals surface area (Å²) in [4.78, 5) is 108. The van der Waals surface area contributed by atoms with Gasteiger partial charge in [-0.3, -0.25) is 28.8 Å². The Bertz CT molecular complexity index is 5080. The molecule has 0 radical (unpaired) electrons. The van der Waals surface area contributed by atoms with Crippen molar-refractivity contribution < 1.29 is 119 Å². The molecule has 546 valence electrons. The first-order valence-electron chi connectivity index (χ1n) is 32.7. The number of aliphatic hydroxyl groups excluding tert-OH is 6. The molecule has 0 saturated carbocycles. The highest BCUT2D eigenvalue weighted by atomic mass is 32.2. The fraction of sp³-hybridized carbons (Fsp3) is 0.230. The molecule has 1 fully saturated rings. The van der Waals surface area contributed by atoms with Crippen molar-refractivity contribution >= 4 is 63.9 Å². The number of nitrogens with zero attached hydrogens (tertiary/aromatic N) is 1. The molecule has 14 atom stereocenters. The van der Waals surface area contributed by atoms with E-state index in [1.165, 1.54) is 90.5 Å². The molecule has 32 heteroatoms. The number of rotatable bonds is 5. The van der Waals surface area contributed by atoms with Crippen LogP contribution in [-0.4, -0.2) is 163 Å². The quantitative estimate of drug-likeness (QED) is 0.108. The number of aromatic hydroxyl groups is 6. The van der Waals surface area contributed by atoms with Crippen molar-refractivity contribution in [3.63, 3.8) is 0 Å². The fourth-order valence-electron chi connectivity index (χ4n) is 13.4. The fourth-order valence-corrected chi connectivity index (χ4v) is 14.7. The molecule has 0 spiro atoms. The molecule has 31 nitrogen and oxygen atoms in total. The first-order valence-corrected chi connectivity index (χ1v) is 33.6. The zero-order chi connectivity index (χ0) is 75.0. The number of fused-ring (bicyclic) bond motifs is 15. The molecule has 7 aliphatic rings. The van der Waals surface area contributed by atoms with E-state index in [1.807, 2.05) is 0 Å². The van der Waals surface area contributed by atoms with Crippen LogP contribution in [0.5, 0.6) is 69.0 Å². The van der Waals surface area contributed by atoms with Gasteiger partial charge < -0.3 is 121 Å². The standard InChI is InChI=1S/C74H65N7O24S/c1-29-45(86)20-35-22-47(29)104-48-21-33(12-18-44(48)85)59(81-27-34-5-3-4-6-40(34)72(81)106-74-65(93)64(92)63(91)51(28-82)105-74)71(99)80-58-61(89)31-9-15-39(16-10-31)103-50-24-36-23-49(62(50)90)102-38-13-7-30(8-14-38)60(88)57-70(98)78-56(73(100)101-2)42-25-37(83)26-46(87)52(42)41-19-32(11-17-43(41)84)53(66(94)79-57)75-68(96)55(36)76-67(95)54(35)77-69(58)97/h3-27,51,53-61,63-65,74,82-93H,28H2,1-2H3,(H,75,96)(H,76,95)(H,77,97)(H,78,98)(H,79,94)(H,80,99)/t51-,53-,54+,55-,56+,57+,58-,59-,60-,61-,63-,64+,65-,74+/m1/s1. The van der Waals surface area contributed by atoms with Crippen LogP contribution in [0, 0.1) is 6.92 Å². The minimum atomic E-state index is -2.22. The lowest BCUT2D eigenvalue weighted by molar-refractivity contribution is -0.205. The number of phenols is 6. The van der Waals surface area contributed by atoms with E-state index < -0.39 is 184 Å². The van der Waals surface area contributed by atoms with Gasteiger partial charge in [-0.2, -0.15) is 0 Å². The molecule has 17 bridgehead atoms. The number of carbonyl (C=O) groups is 7. The van der Waals surface area contributed by atoms with Crippen LogP contribution >= 0.6 is 11.8 Å². The van der Waals surface area contributed by atoms with Gasteiger partial charge in [-0.15, -0.1) is 0 Å². The van der Waals surface area contributed by atoms with Crippen molar-refractivity contribution in [2.24, 2.45) is 0 Å². The number of aliphatic hydroxyl groups is 6. The van der Waals surface area contributed by atoms with Crippen LogP contribution in [0.4, 0.5) is 0 Å². The van der Waals surface area contributed by atoms with Crippen molar-refractivity contribution in [3.8, 4) is 80.1 Å². The highest BCUT2D eigenvalue weighted by Gasteiger charge is 2.47. The second-order valence-corrected chi connectivity index (χ2v) is 26.8. The second-order valence-electron chi connectivity index (χ2n) is 25.7. The number of nitrogens with one attached hydrogen (secondary N) is 6. The van der Waals surface area contributed by atoms with Crippen LogP contribution < -0.4 is 46.1 Å². The van der Waals surface area contributed by atoms with Crippen LogP contribution in [0.15, 0.2) is 157 Å². The maximum Gasteiger partial charge on any atom is 0.333 e. The summed E-state index contributed by atoms with van der Waals surface area (Å²) in [6.45, 7) is 0.618. The number of ether oxygens (including phenoxy) is 5. The van der Waals surface area contributed by atoms with Gasteiger partial charge in [0.05, 0.1) is 18.7 Å². The molecule has 0 unspecified atom stereocenters. The van der Waals surface area contributed by atoms with Crippen molar-refractivity contribution in [1.82, 2.24) is 36.5 Å². The Labute approximate surface area is 602 Å². The van der Waals surface area contributed by atoms with E-state index in [0.717, 1.165) is 67.4 Å². The van der Waals surface area contributed by atoms with Crippen LogP contribution in [0.3, 0.4) is 0 Å². The van der Waals surface area contributed by atoms with E-state index in [1.54, 1.807) is 24.3 Å². The average molecular weight is 1470 g/mol. The average Bonchev–Trinajstić information content (AvgIpc) is 1.59. The van der Waals surface area contributed by atoms with Crippen molar-refractivity contribution in [2.75, 3.05) is 13.7 Å². The number of hydrogen-bond acceptors (Lipinski definition) is 25. The maximum absolute atomic E-state index is 16.1. The van der Waals surface area contributed by atoms with E-state index in [-0.39, 0.29) is 78.1 Å². The third-order valence-electron chi connectivity index (χ3n) is 19.0. The van der Waals surface area contributed by atoms with Gasteiger partial charge in [-0.1, -0.05) is 72.4 Å². The third-order valence-corrected chi connectivity index (χ3v) is 20.3. The molecular weight excluding hydrogens is 1400 g/mol. The van der Waals surface area contributed by atoms with Gasteiger partial charge in [0.2, 0.25) is 41.2 Å². The minimum absolute atomic E-state index is 0.0193. The lowest BCUT2D eigenvalue weighted by atomic mass is 9.89. The summed E-state index contributed by atoms with van der Waals surface area (Å²) in [6, 6.07) is 15.9. The summed E-state index contributed by atoms with van der Waals surface area (Å²) < 4.78 is 31.4. The van der Waals surface area contributed by atoms with Gasteiger partial charge in [-0.05, 0) is 119 Å². The topological polar surface area (TPSA) is 486 Å². The number of benzene rings is 8. The molecule has 106 heavy (non-hydrogen) atoms. The summed E-state index contributed by atoms with van der Waals surface area (Å²) in [5.74, 6) is -14.6. The molecule has 6 amide bonds. The van der Waals surface area contributed by atoms with Gasteiger partial charge >= 0.3 is 5.97 Å². The molecule has 18 N–H and O–H groups in total. The maximum atomic E-state index is 16.1. The van der Waals surface area contributed by atoms with Crippen LogP contribution in [-0.2, 0) is 43.0 Å². The summed E-state index contributed by atoms with van der Waals surface area (Å²) in [5.41, 5.74) is -3.69. The number of hydrogen-bond donors (Lipinski definition) is 18. The van der Waals surface area contributed by atoms with E-state index in [4.69, 9.17) is 23.7 Å². The predicted molar refractivity (Wildman–Crippen MR) is 368 cm³/mol. The first kappa shape index (κ1) is 70.9. The lowest BCUT2D eigenvalue weighted by Gasteiger charge is -2.39. The molecule has 1 saturated heterocycles. The monoisotopic (exact) mass is 1470 g/mol. The Hall–Kier alpha value is -12.1. The summed E-state index contributed by atoms with van der Waals surface area (Å²) in [6.07, 6.45) is -9.35. The summed E-state index contributed by atoms with van der Waals surface area (Å²) in [7, 11) is 0.964. The van der Waals surface area contributed by atoms with Gasteiger partial charge in [0.15, 0.2) is 29.0 Å². The lowest BCUT2D eigenvalue weighted by Crippen LogP contribution is -2.57. The normalized spacial score (nSPS) is 25.1. The largest absolute Gasteiger partial charge is 0.508 e. The molecule has 1 aromatic heterocycles. The van der Waals surface area contributed by atoms with Gasteiger partial charge in [0.1, 0.15) is 119 Å². The Morgan fingerprint density at radius 3 is 1.68 bits per heavy atom. The Morgan fingerprint density at radius 2 is 1.05 bits per heavy atom. The Morgan fingerprint density at radius 1 is 0.509 bits per heavy atom. The molecule has 8 heterocycles. The van der Waals surface area contributed by atoms with E-state index in [2.05, 4.69) is 31.9 Å². The number of amides is 6. The minimum Gasteiger partial charge on any atom is -0.508 e. The second kappa shape index (κ2) is 28.1. The number of aromatic nitrogens is 1. The van der Waals surface area contributed by atoms with Crippen molar-refractivity contribution in [1.29, 1.82) is 0 Å². The van der Waals surface area contributed by atoms with Crippen molar-refractivity contribution in [3.05, 3.63) is 196 Å². The first-order chi connectivity index (χ1) is 50.7. The smallest absolute Gasteiger partial charge is 0.333 e. The number of carbonyl (C=O) groups excluding carboxylic acids is 7. The molecule has 16 rings (SSSR count). The number of thioether (sulfide) groups is 1. The van der Waals surface area contributed by atoms with E-state index in [9.17, 15) is 70.9 Å². The highest BCUT2D eigenvalue weighted by Crippen LogP contribution is 2.49. The number of esters is 1. The summed E-state index contributed by atoms with van der Waals surface area (Å²) in [5, 5.41) is 155. The molecule has 8 aromatic carbocycles. The van der Waals surface area contributed by atoms with Gasteiger partial charge in [-0.25, -0.2) is 4.79 Å². The van der Waals surface area contributed by atoms with Crippen LogP contribution in [0.25, 0.3) is 21.9 Å². The zero-order valence-electron chi connectivity index (χ0n) is 55.3. The molecule has 7 aliphatic heterocycles. The van der Waals surface area contributed by atoms with Gasteiger partial charge in [0.25, 0.3) is 0 Å². The van der Waals surface area contributed by atoms with Crippen molar-refractivity contribution in [2.45, 2.75) is 96.3 Å². The molecular formula is C74H65N7O24S. The zero-order valence-corrected chi connectivity index (χ0v) is 56.2. The van der Waals surface area contributed by atoms with E-state index >= 15 is 24.0 Å². The third kappa shape index (κ3) is 13.1. The number of methoxy groups -OCH3 is 1. The highest BCUT2D eigenvalue weighted by molar-refractivity contribution is 8.00. The molecule has 0 aliphatic carbocycles. The summed E-state index contributed by atoms with van der Waals surface area (Å²) >= 11 is 0.787. The predicted octanol–water partition coefficient (Wildman–Crippen LogP) is 4.00. The van der Waals surface area contributed by atoms with E-state index in [0.29, 0.717) is 10.8 Å². The Kier molecular flexibility index (Phi) is 18.8. The SMILES string of the molecule is COC(=O)[C@H]1NC(=O)[C@H]2NC(=O)[C@H](NC(=O)[C@@H]3NC(=O)[C@H]4NC(=O)[C@H](NC(=O)[C@H](n5cc6ccccc6c5S[C@@H]5O[C@H](CO)[C@@H](O)[C@H](O)[C@H]5O)c5ccc(O)c(c5)Oc5cc4cc(O)c5C)[C@H](O)c4ccc(cc4)Oc4cc3cc(c4O)Oc3ccc(cc3)[C@H]2O)c2ccc(O)c(c2)-c2c(O)cc(O)cc21. The van der Waals surface area contributed by atoms with Gasteiger partial charge in [0, 0.05) is 45.3 Å². The van der Waals surface area contributed by atoms with Crippen LogP contribution in [0.1, 0.15) is 86.9 Å². The Balaban J connectivity index is 0.947.